The molecule has 0 radical (unpaired) electrons. The van der Waals surface area contributed by atoms with E-state index in [0.29, 0.717) is 13.0 Å². The summed E-state index contributed by atoms with van der Waals surface area (Å²) < 4.78 is 0. The lowest BCUT2D eigenvalue weighted by atomic mass is 10.0. The first-order chi connectivity index (χ1) is 7.79. The van der Waals surface area contributed by atoms with Crippen LogP contribution in [0, 0.1) is 0 Å². The molecule has 0 aromatic rings. The smallest absolute Gasteiger partial charge is 0.320 e. The van der Waals surface area contributed by atoms with Gasteiger partial charge in [0, 0.05) is 5.54 Å². The van der Waals surface area contributed by atoms with E-state index in [0.717, 1.165) is 12.8 Å². The Labute approximate surface area is 102 Å². The molecule has 1 atom stereocenters. The minimum absolute atomic E-state index is 0.106. The van der Waals surface area contributed by atoms with Gasteiger partial charge >= 0.3 is 5.97 Å². The maximum Gasteiger partial charge on any atom is 0.320 e. The fourth-order valence-electron chi connectivity index (χ4n) is 2.10. The van der Waals surface area contributed by atoms with Crippen molar-refractivity contribution in [1.29, 1.82) is 0 Å². The molecule has 0 aliphatic carbocycles. The molecule has 1 aliphatic heterocycles. The predicted molar refractivity (Wildman–Crippen MR) is 64.7 cm³/mol. The summed E-state index contributed by atoms with van der Waals surface area (Å²) in [6, 6.07) is -0.505. The van der Waals surface area contributed by atoms with Crippen LogP contribution in [0.15, 0.2) is 0 Å². The predicted octanol–water partition coefficient (Wildman–Crippen LogP) is 0.840. The van der Waals surface area contributed by atoms with Crippen LogP contribution in [0.5, 0.6) is 0 Å². The molecule has 1 unspecified atom stereocenters. The van der Waals surface area contributed by atoms with Gasteiger partial charge in [0.2, 0.25) is 5.91 Å². The van der Waals surface area contributed by atoms with Crippen LogP contribution in [0.3, 0.4) is 0 Å². The molecule has 17 heavy (non-hydrogen) atoms. The highest BCUT2D eigenvalue weighted by molar-refractivity contribution is 5.80. The zero-order valence-electron chi connectivity index (χ0n) is 10.8. The van der Waals surface area contributed by atoms with Gasteiger partial charge in [-0.1, -0.05) is 6.42 Å². The van der Waals surface area contributed by atoms with Crippen molar-refractivity contribution in [1.82, 2.24) is 10.2 Å². The van der Waals surface area contributed by atoms with Crippen LogP contribution in [-0.2, 0) is 9.59 Å². The van der Waals surface area contributed by atoms with E-state index in [4.69, 9.17) is 5.11 Å². The molecule has 2 N–H and O–H groups in total. The fraction of sp³-hybridized carbons (Fsp3) is 0.833. The van der Waals surface area contributed by atoms with E-state index >= 15 is 0 Å². The molecule has 1 rings (SSSR count). The minimum Gasteiger partial charge on any atom is -0.480 e. The molecule has 1 saturated heterocycles. The first kappa shape index (κ1) is 14.0. The number of piperidine rings is 1. The molecule has 1 fully saturated rings. The van der Waals surface area contributed by atoms with Crippen molar-refractivity contribution < 1.29 is 14.7 Å². The Morgan fingerprint density at radius 1 is 1.35 bits per heavy atom. The van der Waals surface area contributed by atoms with E-state index in [1.54, 1.807) is 4.90 Å². The van der Waals surface area contributed by atoms with E-state index in [2.05, 4.69) is 5.32 Å². The maximum atomic E-state index is 11.7. The second kappa shape index (κ2) is 5.49. The number of nitrogens with zero attached hydrogens (tertiary/aromatic N) is 1. The molecule has 98 valence electrons. The molecule has 0 spiro atoms. The van der Waals surface area contributed by atoms with Crippen molar-refractivity contribution >= 4 is 11.9 Å². The average molecular weight is 242 g/mol. The number of nitrogens with one attached hydrogen (secondary N) is 1. The maximum absolute atomic E-state index is 11.7. The van der Waals surface area contributed by atoms with Crippen molar-refractivity contribution in [2.75, 3.05) is 13.1 Å². The molecule has 0 aromatic carbocycles. The normalized spacial score (nSPS) is 22.2. The molecule has 5 nitrogen and oxygen atoms in total. The van der Waals surface area contributed by atoms with Crippen molar-refractivity contribution in [3.05, 3.63) is 0 Å². The average Bonchev–Trinajstić information content (AvgIpc) is 2.14. The Balaban J connectivity index is 2.53. The van der Waals surface area contributed by atoms with Gasteiger partial charge in [0.15, 0.2) is 0 Å². The molecule has 5 heteroatoms. The summed E-state index contributed by atoms with van der Waals surface area (Å²) in [5, 5.41) is 11.9. The lowest BCUT2D eigenvalue weighted by Crippen LogP contribution is -2.51. The number of carboxylic acids is 1. The summed E-state index contributed by atoms with van der Waals surface area (Å²) in [4.78, 5) is 24.6. The highest BCUT2D eigenvalue weighted by atomic mass is 16.4. The minimum atomic E-state index is -0.826. The number of carboxylic acid groups (broad SMARTS) is 1. The Morgan fingerprint density at radius 3 is 2.53 bits per heavy atom. The van der Waals surface area contributed by atoms with Crippen LogP contribution in [0.25, 0.3) is 0 Å². The molecule has 0 saturated carbocycles. The number of carbonyl (C=O) groups excluding carboxylic acids is 1. The number of hydrogen-bond acceptors (Lipinski definition) is 3. The highest BCUT2D eigenvalue weighted by Gasteiger charge is 2.30. The van der Waals surface area contributed by atoms with E-state index in [1.807, 2.05) is 20.8 Å². The number of aliphatic carboxylic acids is 1. The van der Waals surface area contributed by atoms with Crippen molar-refractivity contribution in [2.24, 2.45) is 0 Å². The van der Waals surface area contributed by atoms with E-state index in [9.17, 15) is 9.59 Å². The second-order valence-electron chi connectivity index (χ2n) is 5.62. The number of amides is 1. The topological polar surface area (TPSA) is 69.6 Å². The third kappa shape index (κ3) is 4.73. The third-order valence-corrected chi connectivity index (χ3v) is 2.76. The van der Waals surface area contributed by atoms with Gasteiger partial charge in [0.25, 0.3) is 0 Å². The van der Waals surface area contributed by atoms with Gasteiger partial charge in [-0.2, -0.15) is 0 Å². The first-order valence-corrected chi connectivity index (χ1v) is 6.07. The summed E-state index contributed by atoms with van der Waals surface area (Å²) in [6.45, 7) is 6.60. The molecule has 0 bridgehead atoms. The van der Waals surface area contributed by atoms with Crippen molar-refractivity contribution in [2.45, 2.75) is 51.6 Å². The largest absolute Gasteiger partial charge is 0.480 e. The summed E-state index contributed by atoms with van der Waals surface area (Å²) in [5.41, 5.74) is -0.272. The lowest BCUT2D eigenvalue weighted by molar-refractivity contribution is -0.145. The molecule has 1 amide bonds. The summed E-state index contributed by atoms with van der Waals surface area (Å²) in [7, 11) is 0. The zero-order chi connectivity index (χ0) is 13.1. The number of carbonyl (C=O) groups is 2. The SMILES string of the molecule is CC(C)(C)NC(=O)CN1CCCCC1C(=O)O. The van der Waals surface area contributed by atoms with Crippen LogP contribution in [-0.4, -0.2) is 46.6 Å². The van der Waals surface area contributed by atoms with Gasteiger partial charge in [-0.3, -0.25) is 14.5 Å². The van der Waals surface area contributed by atoms with Gasteiger partial charge in [-0.25, -0.2) is 0 Å². The van der Waals surface area contributed by atoms with Crippen LogP contribution < -0.4 is 5.32 Å². The van der Waals surface area contributed by atoms with Gasteiger partial charge in [0.05, 0.1) is 6.54 Å². The first-order valence-electron chi connectivity index (χ1n) is 6.07. The second-order valence-corrected chi connectivity index (χ2v) is 5.62. The van der Waals surface area contributed by atoms with Gasteiger partial charge in [-0.15, -0.1) is 0 Å². The number of hydrogen-bond donors (Lipinski definition) is 2. The fourth-order valence-corrected chi connectivity index (χ4v) is 2.10. The molecular formula is C12H22N2O3. The van der Waals surface area contributed by atoms with Gasteiger partial charge in [0.1, 0.15) is 6.04 Å². The van der Waals surface area contributed by atoms with Gasteiger partial charge < -0.3 is 10.4 Å². The summed E-state index contributed by atoms with van der Waals surface area (Å²) >= 11 is 0. The number of rotatable bonds is 3. The van der Waals surface area contributed by atoms with Gasteiger partial charge in [-0.05, 0) is 40.2 Å². The van der Waals surface area contributed by atoms with Crippen LogP contribution in [0.1, 0.15) is 40.0 Å². The van der Waals surface area contributed by atoms with E-state index < -0.39 is 12.0 Å². The Morgan fingerprint density at radius 2 is 2.00 bits per heavy atom. The molecule has 0 aromatic heterocycles. The van der Waals surface area contributed by atoms with E-state index in [1.165, 1.54) is 0 Å². The van der Waals surface area contributed by atoms with Crippen molar-refractivity contribution in [3.63, 3.8) is 0 Å². The number of likely N-dealkylation sites (tertiary alicyclic amines) is 1. The lowest BCUT2D eigenvalue weighted by Gasteiger charge is -2.33. The van der Waals surface area contributed by atoms with Crippen molar-refractivity contribution in [3.8, 4) is 0 Å². The molecule has 1 heterocycles. The summed E-state index contributed by atoms with van der Waals surface area (Å²) in [5.74, 6) is -0.932. The van der Waals surface area contributed by atoms with Crippen LogP contribution in [0.4, 0.5) is 0 Å². The molecule has 1 aliphatic rings. The monoisotopic (exact) mass is 242 g/mol. The highest BCUT2D eigenvalue weighted by Crippen LogP contribution is 2.16. The Bertz CT molecular complexity index is 297. The zero-order valence-corrected chi connectivity index (χ0v) is 10.8. The van der Waals surface area contributed by atoms with E-state index in [-0.39, 0.29) is 18.0 Å². The quantitative estimate of drug-likeness (QED) is 0.769. The van der Waals surface area contributed by atoms with Crippen LogP contribution >= 0.6 is 0 Å². The third-order valence-electron chi connectivity index (χ3n) is 2.76. The molecular weight excluding hydrogens is 220 g/mol. The van der Waals surface area contributed by atoms with Crippen LogP contribution in [0.2, 0.25) is 0 Å². The summed E-state index contributed by atoms with van der Waals surface area (Å²) in [6.07, 6.45) is 2.53. The Kier molecular flexibility index (Phi) is 4.51. The standard InChI is InChI=1S/C12H22N2O3/c1-12(2,3)13-10(15)8-14-7-5-4-6-9(14)11(16)17/h9H,4-8H2,1-3H3,(H,13,15)(H,16,17). The Hall–Kier alpha value is -1.10.